The molecule has 11 heteroatoms. The SMILES string of the molecule is CC.CNC(=O)CCCC=O.COc1cccc(C2C(c3ccc(N4CCC(CN5CCN(c6ccc7c(c6)CNC7=O)CC5)CC4)cc3)c3ccc(O)cc3O[C@H]2C)c1. The highest BCUT2D eigenvalue weighted by molar-refractivity contribution is 5.98. The molecule has 60 heavy (non-hydrogen) atoms. The lowest BCUT2D eigenvalue weighted by Crippen LogP contribution is -2.49. The van der Waals surface area contributed by atoms with Crippen molar-refractivity contribution in [2.75, 3.05) is 69.8 Å². The van der Waals surface area contributed by atoms with Gasteiger partial charge in [-0.2, -0.15) is 0 Å². The third-order valence-corrected chi connectivity index (χ3v) is 12.3. The van der Waals surface area contributed by atoms with Crippen molar-refractivity contribution in [1.82, 2.24) is 15.5 Å². The number of carbonyl (C=O) groups excluding carboxylic acids is 3. The van der Waals surface area contributed by atoms with Crippen LogP contribution in [0.5, 0.6) is 17.2 Å². The van der Waals surface area contributed by atoms with Gasteiger partial charge in [0.05, 0.1) is 7.11 Å². The maximum absolute atomic E-state index is 11.9. The molecule has 0 aromatic heterocycles. The number of carbonyl (C=O) groups is 3. The molecule has 2 saturated heterocycles. The summed E-state index contributed by atoms with van der Waals surface area (Å²) in [5.41, 5.74) is 7.99. The van der Waals surface area contributed by atoms with Crippen LogP contribution >= 0.6 is 0 Å². The number of aromatic hydroxyl groups is 1. The van der Waals surface area contributed by atoms with E-state index in [9.17, 15) is 19.5 Å². The Kier molecular flexibility index (Phi) is 15.5. The van der Waals surface area contributed by atoms with E-state index in [4.69, 9.17) is 9.47 Å². The van der Waals surface area contributed by atoms with Gasteiger partial charge in [0.1, 0.15) is 29.6 Å². The van der Waals surface area contributed by atoms with Gasteiger partial charge in [-0.1, -0.05) is 44.2 Å². The summed E-state index contributed by atoms with van der Waals surface area (Å²) < 4.78 is 12.0. The molecular formula is C49H63N5O6. The summed E-state index contributed by atoms with van der Waals surface area (Å²) in [6.07, 6.45) is 4.74. The summed E-state index contributed by atoms with van der Waals surface area (Å²) in [4.78, 5) is 39.8. The van der Waals surface area contributed by atoms with Gasteiger partial charge in [-0.15, -0.1) is 0 Å². The number of nitrogens with one attached hydrogen (secondary N) is 2. The third-order valence-electron chi connectivity index (χ3n) is 12.3. The molecule has 2 unspecified atom stereocenters. The number of rotatable bonds is 11. The first kappa shape index (κ1) is 44.0. The number of aldehydes is 1. The minimum Gasteiger partial charge on any atom is -0.508 e. The number of phenolic OH excluding ortho intramolecular Hbond substituents is 1. The fourth-order valence-corrected chi connectivity index (χ4v) is 9.03. The average Bonchev–Trinajstić information content (AvgIpc) is 3.66. The zero-order valence-electron chi connectivity index (χ0n) is 36.0. The van der Waals surface area contributed by atoms with Gasteiger partial charge in [0, 0.05) is 113 Å². The van der Waals surface area contributed by atoms with Crippen LogP contribution in [0.15, 0.2) is 84.9 Å². The number of hydrogen-bond donors (Lipinski definition) is 3. The lowest BCUT2D eigenvalue weighted by molar-refractivity contribution is -0.120. The van der Waals surface area contributed by atoms with E-state index in [-0.39, 0.29) is 35.5 Å². The fraction of sp³-hybridized carbons (Fsp3) is 0.449. The topological polar surface area (TPSA) is 124 Å². The Bertz CT molecular complexity index is 2040. The molecule has 4 heterocycles. The molecule has 320 valence electrons. The normalized spacial score (nSPS) is 19.9. The number of nitrogens with zero attached hydrogens (tertiary/aromatic N) is 3. The molecule has 2 fully saturated rings. The highest BCUT2D eigenvalue weighted by atomic mass is 16.5. The molecule has 3 N–H and O–H groups in total. The molecule has 11 nitrogen and oxygen atoms in total. The van der Waals surface area contributed by atoms with Crippen LogP contribution in [-0.4, -0.2) is 94.2 Å². The van der Waals surface area contributed by atoms with Gasteiger partial charge in [0.25, 0.3) is 5.91 Å². The molecule has 4 aliphatic rings. The highest BCUT2D eigenvalue weighted by Gasteiger charge is 2.38. The second-order valence-corrected chi connectivity index (χ2v) is 15.9. The molecule has 0 saturated carbocycles. The summed E-state index contributed by atoms with van der Waals surface area (Å²) in [6, 6.07) is 29.3. The zero-order valence-corrected chi connectivity index (χ0v) is 36.0. The number of methoxy groups -OCH3 is 1. The quantitative estimate of drug-likeness (QED) is 0.104. The molecule has 3 atom stereocenters. The third kappa shape index (κ3) is 10.6. The van der Waals surface area contributed by atoms with Crippen molar-refractivity contribution >= 4 is 29.5 Å². The monoisotopic (exact) mass is 817 g/mol. The maximum Gasteiger partial charge on any atom is 0.251 e. The van der Waals surface area contributed by atoms with Crippen molar-refractivity contribution in [2.45, 2.75) is 77.4 Å². The second kappa shape index (κ2) is 21.1. The Balaban J connectivity index is 0.000000489. The number of piperazine rings is 1. The molecule has 0 radical (unpaired) electrons. The van der Waals surface area contributed by atoms with E-state index < -0.39 is 0 Å². The number of piperidine rings is 1. The molecule has 2 amide bonds. The van der Waals surface area contributed by atoms with Gasteiger partial charge < -0.3 is 39.8 Å². The summed E-state index contributed by atoms with van der Waals surface area (Å²) in [5.74, 6) is 2.75. The van der Waals surface area contributed by atoms with Crippen LogP contribution in [0.4, 0.5) is 11.4 Å². The molecule has 0 aliphatic carbocycles. The summed E-state index contributed by atoms with van der Waals surface area (Å²) in [6.45, 7) is 14.3. The summed E-state index contributed by atoms with van der Waals surface area (Å²) >= 11 is 0. The van der Waals surface area contributed by atoms with Crippen molar-refractivity contribution in [2.24, 2.45) is 5.92 Å². The first-order chi connectivity index (χ1) is 29.2. The van der Waals surface area contributed by atoms with Crippen LogP contribution < -0.4 is 29.9 Å². The van der Waals surface area contributed by atoms with E-state index in [1.54, 1.807) is 26.3 Å². The Morgan fingerprint density at radius 2 is 1.62 bits per heavy atom. The number of ether oxygens (including phenoxy) is 2. The Labute approximate surface area is 356 Å². The van der Waals surface area contributed by atoms with Gasteiger partial charge in [-0.05, 0) is 97.3 Å². The van der Waals surface area contributed by atoms with Crippen LogP contribution in [-0.2, 0) is 16.1 Å². The minimum absolute atomic E-state index is 0.00292. The van der Waals surface area contributed by atoms with Gasteiger partial charge >= 0.3 is 0 Å². The van der Waals surface area contributed by atoms with Crippen LogP contribution in [0, 0.1) is 5.92 Å². The standard InChI is InChI=1S/C41H46N4O4.C6H11NO2.C2H6/c1-27-39(30-4-3-5-35(23-30)48-2)40(37-13-11-34(46)24-38(37)49-27)29-6-8-32(9-7-29)44-16-14-28(15-17-44)26-43-18-20-45(21-19-43)33-10-12-36-31(22-33)25-42-41(36)47;1-7-6(9)4-2-3-5-8;1-2/h3-13,22-24,27-28,39-40,46H,14-21,25-26H2,1-2H3,(H,42,47);5H,2-4H2,1H3,(H,7,9);1-2H3/t27-,39?,40?;;/m0../s1. The maximum atomic E-state index is 11.9. The number of phenols is 1. The van der Waals surface area contributed by atoms with Crippen molar-refractivity contribution < 1.29 is 29.0 Å². The Hall–Kier alpha value is -5.55. The van der Waals surface area contributed by atoms with E-state index in [1.165, 1.54) is 41.9 Å². The van der Waals surface area contributed by atoms with Gasteiger partial charge in [0.2, 0.25) is 5.91 Å². The lowest BCUT2D eigenvalue weighted by Gasteiger charge is -2.40. The minimum atomic E-state index is -0.0865. The van der Waals surface area contributed by atoms with E-state index >= 15 is 0 Å². The van der Waals surface area contributed by atoms with Crippen molar-refractivity contribution in [3.05, 3.63) is 113 Å². The van der Waals surface area contributed by atoms with Crippen LogP contribution in [0.1, 0.15) is 97.3 Å². The predicted molar refractivity (Wildman–Crippen MR) is 239 cm³/mol. The van der Waals surface area contributed by atoms with Crippen LogP contribution in [0.2, 0.25) is 0 Å². The lowest BCUT2D eigenvalue weighted by atomic mass is 9.73. The number of benzene rings is 4. The molecular weight excluding hydrogens is 755 g/mol. The average molecular weight is 818 g/mol. The first-order valence-electron chi connectivity index (χ1n) is 21.8. The first-order valence-corrected chi connectivity index (χ1v) is 21.8. The predicted octanol–water partition coefficient (Wildman–Crippen LogP) is 7.51. The Morgan fingerprint density at radius 3 is 2.32 bits per heavy atom. The van der Waals surface area contributed by atoms with Crippen LogP contribution in [0.3, 0.4) is 0 Å². The number of anilines is 2. The molecule has 4 aromatic rings. The summed E-state index contributed by atoms with van der Waals surface area (Å²) in [7, 11) is 3.29. The number of fused-ring (bicyclic) bond motifs is 2. The zero-order chi connectivity index (χ0) is 42.6. The van der Waals surface area contributed by atoms with E-state index in [1.807, 2.05) is 32.0 Å². The van der Waals surface area contributed by atoms with E-state index in [0.717, 1.165) is 79.7 Å². The van der Waals surface area contributed by atoms with Gasteiger partial charge in [-0.3, -0.25) is 14.5 Å². The Morgan fingerprint density at radius 1 is 0.900 bits per heavy atom. The molecule has 8 rings (SSSR count). The van der Waals surface area contributed by atoms with E-state index in [0.29, 0.717) is 25.8 Å². The van der Waals surface area contributed by atoms with Crippen molar-refractivity contribution in [1.29, 1.82) is 0 Å². The van der Waals surface area contributed by atoms with Gasteiger partial charge in [0.15, 0.2) is 0 Å². The summed E-state index contributed by atoms with van der Waals surface area (Å²) in [5, 5.41) is 15.6. The number of unbranched alkanes of at least 4 members (excludes halogenated alkanes) is 1. The van der Waals surface area contributed by atoms with Crippen molar-refractivity contribution in [3.8, 4) is 17.2 Å². The fourth-order valence-electron chi connectivity index (χ4n) is 9.03. The van der Waals surface area contributed by atoms with Crippen molar-refractivity contribution in [3.63, 3.8) is 0 Å². The molecule has 0 spiro atoms. The number of hydrogen-bond acceptors (Lipinski definition) is 9. The second-order valence-electron chi connectivity index (χ2n) is 15.9. The number of amides is 2. The largest absolute Gasteiger partial charge is 0.508 e. The van der Waals surface area contributed by atoms with E-state index in [2.05, 4.69) is 86.9 Å². The smallest absolute Gasteiger partial charge is 0.251 e. The highest BCUT2D eigenvalue weighted by Crippen LogP contribution is 2.50. The van der Waals surface area contributed by atoms with Gasteiger partial charge in [-0.25, -0.2) is 0 Å². The molecule has 4 aliphatic heterocycles. The van der Waals surface area contributed by atoms with Crippen LogP contribution in [0.25, 0.3) is 0 Å². The molecule has 4 aromatic carbocycles. The molecule has 0 bridgehead atoms.